The lowest BCUT2D eigenvalue weighted by atomic mass is 10.1. The Labute approximate surface area is 138 Å². The van der Waals surface area contributed by atoms with Gasteiger partial charge in [-0.25, -0.2) is 13.6 Å². The molecule has 132 valence electrons. The van der Waals surface area contributed by atoms with E-state index in [-0.39, 0.29) is 11.3 Å². The first-order valence-electron chi connectivity index (χ1n) is 6.76. The first-order chi connectivity index (χ1) is 11.7. The molecule has 2 aromatic carbocycles. The van der Waals surface area contributed by atoms with Crippen LogP contribution < -0.4 is 5.32 Å². The van der Waals surface area contributed by atoms with Gasteiger partial charge in [0.25, 0.3) is 5.91 Å². The average molecular weight is 359 g/mol. The molecule has 0 fully saturated rings. The molecule has 25 heavy (non-hydrogen) atoms. The van der Waals surface area contributed by atoms with Gasteiger partial charge < -0.3 is 10.1 Å². The van der Waals surface area contributed by atoms with Gasteiger partial charge in [0.15, 0.2) is 18.2 Å². The molecule has 0 atom stereocenters. The largest absolute Gasteiger partial charge is 0.452 e. The summed E-state index contributed by atoms with van der Waals surface area (Å²) in [7, 11) is 0. The minimum atomic E-state index is -4.53. The average Bonchev–Trinajstić information content (AvgIpc) is 2.55. The Morgan fingerprint density at radius 1 is 0.960 bits per heavy atom. The van der Waals surface area contributed by atoms with Crippen LogP contribution in [0.3, 0.4) is 0 Å². The molecule has 4 nitrogen and oxygen atoms in total. The second kappa shape index (κ2) is 7.29. The highest BCUT2D eigenvalue weighted by molar-refractivity contribution is 5.95. The van der Waals surface area contributed by atoms with Crippen LogP contribution in [0.5, 0.6) is 0 Å². The van der Waals surface area contributed by atoms with E-state index in [9.17, 15) is 31.5 Å². The molecule has 9 heteroatoms. The number of amides is 1. The zero-order chi connectivity index (χ0) is 18.6. The SMILES string of the molecule is O=C(COC(=O)c1ccc(C(F)(F)F)cc1)Nc1ccc(F)c(F)c1. The zero-order valence-electron chi connectivity index (χ0n) is 12.4. The number of anilines is 1. The molecule has 0 saturated heterocycles. The van der Waals surface area contributed by atoms with E-state index in [1.165, 1.54) is 0 Å². The number of esters is 1. The lowest BCUT2D eigenvalue weighted by Crippen LogP contribution is -2.21. The van der Waals surface area contributed by atoms with Crippen molar-refractivity contribution in [2.24, 2.45) is 0 Å². The minimum Gasteiger partial charge on any atom is -0.452 e. The van der Waals surface area contributed by atoms with E-state index in [0.717, 1.165) is 30.3 Å². The van der Waals surface area contributed by atoms with E-state index in [2.05, 4.69) is 10.1 Å². The Hall–Kier alpha value is -2.97. The van der Waals surface area contributed by atoms with Gasteiger partial charge >= 0.3 is 12.1 Å². The fourth-order valence-electron chi connectivity index (χ4n) is 1.78. The fraction of sp³-hybridized carbons (Fsp3) is 0.125. The van der Waals surface area contributed by atoms with Crippen molar-refractivity contribution in [3.8, 4) is 0 Å². The van der Waals surface area contributed by atoms with Gasteiger partial charge in [-0.2, -0.15) is 13.2 Å². The monoisotopic (exact) mass is 359 g/mol. The molecule has 2 aromatic rings. The Morgan fingerprint density at radius 3 is 2.16 bits per heavy atom. The van der Waals surface area contributed by atoms with Crippen LogP contribution in [-0.4, -0.2) is 18.5 Å². The van der Waals surface area contributed by atoms with Crippen molar-refractivity contribution in [3.05, 3.63) is 65.2 Å². The topological polar surface area (TPSA) is 55.4 Å². The number of hydrogen-bond acceptors (Lipinski definition) is 3. The van der Waals surface area contributed by atoms with Gasteiger partial charge in [0.1, 0.15) is 0 Å². The summed E-state index contributed by atoms with van der Waals surface area (Å²) >= 11 is 0. The maximum absolute atomic E-state index is 13.0. The molecule has 0 aromatic heterocycles. The van der Waals surface area contributed by atoms with Crippen LogP contribution in [0.15, 0.2) is 42.5 Å². The van der Waals surface area contributed by atoms with Crippen molar-refractivity contribution in [2.45, 2.75) is 6.18 Å². The van der Waals surface area contributed by atoms with Crippen LogP contribution in [0.2, 0.25) is 0 Å². The number of nitrogens with one attached hydrogen (secondary N) is 1. The van der Waals surface area contributed by atoms with Crippen molar-refractivity contribution in [3.63, 3.8) is 0 Å². The van der Waals surface area contributed by atoms with Crippen molar-refractivity contribution in [2.75, 3.05) is 11.9 Å². The molecule has 0 unspecified atom stereocenters. The fourth-order valence-corrected chi connectivity index (χ4v) is 1.78. The van der Waals surface area contributed by atoms with E-state index in [4.69, 9.17) is 0 Å². The number of hydrogen-bond donors (Lipinski definition) is 1. The van der Waals surface area contributed by atoms with Crippen molar-refractivity contribution >= 4 is 17.6 Å². The van der Waals surface area contributed by atoms with E-state index >= 15 is 0 Å². The summed E-state index contributed by atoms with van der Waals surface area (Å²) in [6.45, 7) is -0.751. The lowest BCUT2D eigenvalue weighted by Gasteiger charge is -2.08. The van der Waals surface area contributed by atoms with Crippen LogP contribution in [0, 0.1) is 11.6 Å². The Morgan fingerprint density at radius 2 is 1.60 bits per heavy atom. The summed E-state index contributed by atoms with van der Waals surface area (Å²) < 4.78 is 67.6. The summed E-state index contributed by atoms with van der Waals surface area (Å²) in [6.07, 6.45) is -4.53. The molecule has 2 rings (SSSR count). The Balaban J connectivity index is 1.90. The summed E-state index contributed by atoms with van der Waals surface area (Å²) in [5.41, 5.74) is -1.15. The molecule has 0 heterocycles. The summed E-state index contributed by atoms with van der Waals surface area (Å²) in [4.78, 5) is 23.2. The number of ether oxygens (including phenoxy) is 1. The highest BCUT2D eigenvalue weighted by atomic mass is 19.4. The highest BCUT2D eigenvalue weighted by Crippen LogP contribution is 2.29. The van der Waals surface area contributed by atoms with Gasteiger partial charge in [0, 0.05) is 11.8 Å². The maximum atomic E-state index is 13.0. The molecule has 0 aliphatic rings. The highest BCUT2D eigenvalue weighted by Gasteiger charge is 2.30. The predicted molar refractivity (Wildman–Crippen MR) is 76.7 cm³/mol. The molecule has 0 bridgehead atoms. The first-order valence-corrected chi connectivity index (χ1v) is 6.76. The third kappa shape index (κ3) is 5.00. The van der Waals surface area contributed by atoms with Gasteiger partial charge in [-0.05, 0) is 36.4 Å². The molecule has 0 saturated carbocycles. The van der Waals surface area contributed by atoms with Crippen LogP contribution in [0.1, 0.15) is 15.9 Å². The molecular formula is C16H10F5NO3. The first kappa shape index (κ1) is 18.4. The van der Waals surface area contributed by atoms with Crippen molar-refractivity contribution in [1.29, 1.82) is 0 Å². The standard InChI is InChI=1S/C16H10F5NO3/c17-12-6-5-11(7-13(12)18)22-14(23)8-25-15(24)9-1-3-10(4-2-9)16(19,20)21/h1-7H,8H2,(H,22,23). The number of carbonyl (C=O) groups excluding carboxylic acids is 2. The van der Waals surface area contributed by atoms with Gasteiger partial charge in [0.2, 0.25) is 0 Å². The van der Waals surface area contributed by atoms with Crippen LogP contribution in [0.4, 0.5) is 27.6 Å². The van der Waals surface area contributed by atoms with Gasteiger partial charge in [-0.1, -0.05) is 0 Å². The maximum Gasteiger partial charge on any atom is 0.416 e. The summed E-state index contributed by atoms with van der Waals surface area (Å²) in [5.74, 6) is -4.09. The molecule has 0 spiro atoms. The Bertz CT molecular complexity index is 787. The number of benzene rings is 2. The van der Waals surface area contributed by atoms with Crippen molar-refractivity contribution < 1.29 is 36.3 Å². The molecule has 0 radical (unpaired) electrons. The molecular weight excluding hydrogens is 349 g/mol. The predicted octanol–water partition coefficient (Wildman–Crippen LogP) is 3.78. The number of halogens is 5. The quantitative estimate of drug-likeness (QED) is 0.668. The second-order valence-electron chi connectivity index (χ2n) is 4.83. The van der Waals surface area contributed by atoms with Gasteiger partial charge in [-0.15, -0.1) is 0 Å². The summed E-state index contributed by atoms with van der Waals surface area (Å²) in [5, 5.41) is 2.17. The second-order valence-corrected chi connectivity index (χ2v) is 4.83. The summed E-state index contributed by atoms with van der Waals surface area (Å²) in [6, 6.07) is 5.89. The van der Waals surface area contributed by atoms with Crippen LogP contribution in [0.25, 0.3) is 0 Å². The molecule has 0 aliphatic heterocycles. The van der Waals surface area contributed by atoms with Gasteiger partial charge in [0.05, 0.1) is 11.1 Å². The van der Waals surface area contributed by atoms with E-state index in [1.807, 2.05) is 0 Å². The molecule has 1 amide bonds. The zero-order valence-corrected chi connectivity index (χ0v) is 12.4. The normalized spacial score (nSPS) is 11.1. The van der Waals surface area contributed by atoms with Crippen LogP contribution in [-0.2, 0) is 15.7 Å². The molecule has 1 N–H and O–H groups in total. The van der Waals surface area contributed by atoms with Gasteiger partial charge in [-0.3, -0.25) is 4.79 Å². The number of alkyl halides is 3. The minimum absolute atomic E-state index is 0.0468. The van der Waals surface area contributed by atoms with E-state index in [1.54, 1.807) is 0 Å². The third-order valence-corrected chi connectivity index (χ3v) is 2.99. The van der Waals surface area contributed by atoms with Crippen molar-refractivity contribution in [1.82, 2.24) is 0 Å². The van der Waals surface area contributed by atoms with E-state index in [0.29, 0.717) is 12.1 Å². The van der Waals surface area contributed by atoms with Crippen LogP contribution >= 0.6 is 0 Å². The lowest BCUT2D eigenvalue weighted by molar-refractivity contribution is -0.137. The third-order valence-electron chi connectivity index (χ3n) is 2.99. The number of carbonyl (C=O) groups is 2. The van der Waals surface area contributed by atoms with E-state index < -0.39 is 41.9 Å². The Kier molecular flexibility index (Phi) is 5.35. The molecule has 0 aliphatic carbocycles. The smallest absolute Gasteiger partial charge is 0.416 e. The number of rotatable bonds is 4.